The monoisotopic (exact) mass is 445 g/mol. The lowest BCUT2D eigenvalue weighted by molar-refractivity contribution is 0.175. The first kappa shape index (κ1) is 22.9. The van der Waals surface area contributed by atoms with Crippen molar-refractivity contribution in [2.45, 2.75) is 39.7 Å². The molecule has 0 saturated heterocycles. The Labute approximate surface area is 191 Å². The molecule has 0 fully saturated rings. The normalized spacial score (nSPS) is 13.1. The van der Waals surface area contributed by atoms with Crippen molar-refractivity contribution in [3.05, 3.63) is 58.1 Å². The van der Waals surface area contributed by atoms with Crippen molar-refractivity contribution in [1.82, 2.24) is 4.90 Å². The van der Waals surface area contributed by atoms with Crippen LogP contribution in [0.1, 0.15) is 36.5 Å². The zero-order valence-electron chi connectivity index (χ0n) is 18.2. The van der Waals surface area contributed by atoms with Gasteiger partial charge in [0.25, 0.3) is 0 Å². The van der Waals surface area contributed by atoms with Gasteiger partial charge in [-0.3, -0.25) is 0 Å². The lowest BCUT2D eigenvalue weighted by atomic mass is 9.99. The van der Waals surface area contributed by atoms with Gasteiger partial charge in [0.1, 0.15) is 0 Å². The fraction of sp³-hybridized carbons (Fsp3) is 0.458. The third-order valence-electron chi connectivity index (χ3n) is 5.50. The van der Waals surface area contributed by atoms with Gasteiger partial charge in [-0.25, -0.2) is 0 Å². The molecule has 162 valence electrons. The first-order valence-electron chi connectivity index (χ1n) is 10.7. The molecule has 30 heavy (non-hydrogen) atoms. The summed E-state index contributed by atoms with van der Waals surface area (Å²) < 4.78 is 5.32. The molecule has 0 aromatic heterocycles. The molecule has 1 N–H and O–H groups in total. The molecule has 1 aliphatic heterocycles. The summed E-state index contributed by atoms with van der Waals surface area (Å²) in [5, 5.41) is 4.75. The molecule has 3 rings (SSSR count). The molecule has 0 aliphatic carbocycles. The van der Waals surface area contributed by atoms with Crippen molar-refractivity contribution < 1.29 is 4.74 Å². The second-order valence-corrected chi connectivity index (χ2v) is 8.66. The standard InChI is InChI=1S/C24H32ClN3OS/c1-4-11-27-12-5-6-20-15-19(8-10-23(20)27)17-28(13-14-29-3)24(30)26-21-9-7-18(2)22(25)16-21/h7-10,15-16H,4-6,11-14,17H2,1-3H3,(H,26,30). The number of ether oxygens (including phenoxy) is 1. The molecule has 6 heteroatoms. The molecule has 0 saturated carbocycles. The summed E-state index contributed by atoms with van der Waals surface area (Å²) in [5.74, 6) is 0. The summed E-state index contributed by atoms with van der Waals surface area (Å²) >= 11 is 12.0. The molecule has 0 radical (unpaired) electrons. The summed E-state index contributed by atoms with van der Waals surface area (Å²) in [6, 6.07) is 12.8. The molecule has 0 amide bonds. The number of rotatable bonds is 8. The molecule has 2 aromatic carbocycles. The molecule has 0 unspecified atom stereocenters. The van der Waals surface area contributed by atoms with E-state index >= 15 is 0 Å². The summed E-state index contributed by atoms with van der Waals surface area (Å²) in [7, 11) is 1.72. The van der Waals surface area contributed by atoms with E-state index in [0.29, 0.717) is 11.7 Å². The molecular formula is C24H32ClN3OS. The Bertz CT molecular complexity index is 874. The van der Waals surface area contributed by atoms with Crippen LogP contribution in [-0.2, 0) is 17.7 Å². The van der Waals surface area contributed by atoms with Gasteiger partial charge >= 0.3 is 0 Å². The van der Waals surface area contributed by atoms with Crippen LogP contribution in [0.5, 0.6) is 0 Å². The van der Waals surface area contributed by atoms with Crippen molar-refractivity contribution in [3.8, 4) is 0 Å². The van der Waals surface area contributed by atoms with Crippen LogP contribution in [0.2, 0.25) is 5.02 Å². The Morgan fingerprint density at radius 3 is 2.83 bits per heavy atom. The van der Waals surface area contributed by atoms with Crippen molar-refractivity contribution in [2.24, 2.45) is 0 Å². The Hall–Kier alpha value is -1.82. The third kappa shape index (κ3) is 5.87. The zero-order chi connectivity index (χ0) is 21.5. The molecule has 0 bridgehead atoms. The highest BCUT2D eigenvalue weighted by atomic mass is 35.5. The number of hydrogen-bond acceptors (Lipinski definition) is 3. The Morgan fingerprint density at radius 2 is 2.10 bits per heavy atom. The molecule has 2 aromatic rings. The number of methoxy groups -OCH3 is 1. The quantitative estimate of drug-likeness (QED) is 0.529. The van der Waals surface area contributed by atoms with Crippen molar-refractivity contribution in [1.29, 1.82) is 0 Å². The number of nitrogens with zero attached hydrogens (tertiary/aromatic N) is 2. The number of hydrogen-bond donors (Lipinski definition) is 1. The number of benzene rings is 2. The van der Waals surface area contributed by atoms with Crippen LogP contribution in [0.4, 0.5) is 11.4 Å². The largest absolute Gasteiger partial charge is 0.383 e. The summed E-state index contributed by atoms with van der Waals surface area (Å²) in [5.41, 5.74) is 6.07. The Balaban J connectivity index is 1.74. The number of halogens is 1. The fourth-order valence-electron chi connectivity index (χ4n) is 3.88. The van der Waals surface area contributed by atoms with Gasteiger partial charge in [-0.1, -0.05) is 36.7 Å². The topological polar surface area (TPSA) is 27.7 Å². The highest BCUT2D eigenvalue weighted by molar-refractivity contribution is 7.80. The second kappa shape index (κ2) is 11.0. The molecule has 0 spiro atoms. The van der Waals surface area contributed by atoms with Gasteiger partial charge < -0.3 is 19.9 Å². The van der Waals surface area contributed by atoms with Crippen LogP contribution < -0.4 is 10.2 Å². The average Bonchev–Trinajstić information content (AvgIpc) is 2.74. The van der Waals surface area contributed by atoms with Crippen molar-refractivity contribution in [3.63, 3.8) is 0 Å². The first-order chi connectivity index (χ1) is 14.5. The molecular weight excluding hydrogens is 414 g/mol. The summed E-state index contributed by atoms with van der Waals surface area (Å²) in [4.78, 5) is 4.67. The zero-order valence-corrected chi connectivity index (χ0v) is 19.8. The number of fused-ring (bicyclic) bond motifs is 1. The maximum absolute atomic E-state index is 6.27. The van der Waals surface area contributed by atoms with Crippen LogP contribution in [0, 0.1) is 6.92 Å². The Kier molecular flexibility index (Phi) is 8.37. The lowest BCUT2D eigenvalue weighted by Gasteiger charge is -2.32. The predicted molar refractivity (Wildman–Crippen MR) is 132 cm³/mol. The first-order valence-corrected chi connectivity index (χ1v) is 11.5. The van der Waals surface area contributed by atoms with E-state index in [9.17, 15) is 0 Å². The van der Waals surface area contributed by atoms with Gasteiger partial charge in [0.05, 0.1) is 6.61 Å². The van der Waals surface area contributed by atoms with Crippen LogP contribution in [0.3, 0.4) is 0 Å². The van der Waals surface area contributed by atoms with E-state index in [-0.39, 0.29) is 0 Å². The van der Waals surface area contributed by atoms with E-state index in [2.05, 4.69) is 40.2 Å². The minimum Gasteiger partial charge on any atom is -0.383 e. The number of aryl methyl sites for hydroxylation is 2. The average molecular weight is 446 g/mol. The van der Waals surface area contributed by atoms with E-state index in [1.165, 1.54) is 29.7 Å². The van der Waals surface area contributed by atoms with E-state index in [4.69, 9.17) is 28.6 Å². The van der Waals surface area contributed by atoms with E-state index in [0.717, 1.165) is 48.9 Å². The molecule has 0 atom stereocenters. The number of thiocarbonyl (C=S) groups is 1. The summed E-state index contributed by atoms with van der Waals surface area (Å²) in [6.45, 7) is 8.60. The molecule has 1 heterocycles. The fourth-order valence-corrected chi connectivity index (χ4v) is 4.33. The van der Waals surface area contributed by atoms with Gasteiger partial charge in [-0.2, -0.15) is 0 Å². The van der Waals surface area contributed by atoms with Gasteiger partial charge in [0.2, 0.25) is 0 Å². The minimum atomic E-state index is 0.617. The maximum atomic E-state index is 6.27. The van der Waals surface area contributed by atoms with Gasteiger partial charge in [-0.05, 0) is 73.3 Å². The van der Waals surface area contributed by atoms with Crippen LogP contribution in [0.25, 0.3) is 0 Å². The van der Waals surface area contributed by atoms with Gasteiger partial charge in [-0.15, -0.1) is 0 Å². The maximum Gasteiger partial charge on any atom is 0.173 e. The van der Waals surface area contributed by atoms with E-state index in [1.54, 1.807) is 7.11 Å². The minimum absolute atomic E-state index is 0.617. The van der Waals surface area contributed by atoms with Crippen LogP contribution >= 0.6 is 23.8 Å². The van der Waals surface area contributed by atoms with E-state index in [1.807, 2.05) is 25.1 Å². The van der Waals surface area contributed by atoms with E-state index < -0.39 is 0 Å². The van der Waals surface area contributed by atoms with Gasteiger partial charge in [0.15, 0.2) is 5.11 Å². The van der Waals surface area contributed by atoms with Crippen molar-refractivity contribution >= 4 is 40.3 Å². The lowest BCUT2D eigenvalue weighted by Crippen LogP contribution is -2.36. The second-order valence-electron chi connectivity index (χ2n) is 7.86. The predicted octanol–water partition coefficient (Wildman–Crippen LogP) is 5.66. The number of nitrogens with one attached hydrogen (secondary N) is 1. The Morgan fingerprint density at radius 1 is 1.27 bits per heavy atom. The smallest absolute Gasteiger partial charge is 0.173 e. The van der Waals surface area contributed by atoms with Crippen molar-refractivity contribution in [2.75, 3.05) is 43.6 Å². The molecule has 1 aliphatic rings. The highest BCUT2D eigenvalue weighted by Crippen LogP contribution is 2.29. The highest BCUT2D eigenvalue weighted by Gasteiger charge is 2.18. The summed E-state index contributed by atoms with van der Waals surface area (Å²) in [6.07, 6.45) is 3.54. The number of anilines is 2. The van der Waals surface area contributed by atoms with Crippen LogP contribution in [-0.4, -0.2) is 43.4 Å². The SMILES string of the molecule is CCCN1CCCc2cc(CN(CCOC)C(=S)Nc3ccc(C)c(Cl)c3)ccc21. The van der Waals surface area contributed by atoms with Crippen LogP contribution in [0.15, 0.2) is 36.4 Å². The van der Waals surface area contributed by atoms with Gasteiger partial charge in [0, 0.05) is 49.7 Å². The molecule has 4 nitrogen and oxygen atoms in total. The third-order valence-corrected chi connectivity index (χ3v) is 6.27.